The number of benzene rings is 2. The van der Waals surface area contributed by atoms with Crippen molar-refractivity contribution in [2.75, 3.05) is 13.8 Å². The van der Waals surface area contributed by atoms with Crippen molar-refractivity contribution < 1.29 is 14.3 Å². The summed E-state index contributed by atoms with van der Waals surface area (Å²) in [6.07, 6.45) is 6.17. The van der Waals surface area contributed by atoms with Gasteiger partial charge in [-0.05, 0) is 62.9 Å². The number of nitrogens with one attached hydrogen (secondary N) is 1. The first-order valence-corrected chi connectivity index (χ1v) is 13.6. The highest BCUT2D eigenvalue weighted by Crippen LogP contribution is 2.58. The van der Waals surface area contributed by atoms with Crippen molar-refractivity contribution in [1.29, 1.82) is 5.41 Å². The molecule has 8 heteroatoms. The molecule has 0 radical (unpaired) electrons. The van der Waals surface area contributed by atoms with Gasteiger partial charge >= 0.3 is 0 Å². The lowest BCUT2D eigenvalue weighted by Crippen LogP contribution is -2.51. The normalized spacial score (nSPS) is 28.3. The summed E-state index contributed by atoms with van der Waals surface area (Å²) >= 11 is 0. The monoisotopic (exact) mass is 538 g/mol. The van der Waals surface area contributed by atoms with Crippen LogP contribution < -0.4 is 15.2 Å². The van der Waals surface area contributed by atoms with E-state index in [1.165, 1.54) is 32.1 Å². The van der Waals surface area contributed by atoms with E-state index in [1.807, 2.05) is 24.3 Å². The number of carbonyl (C=O) groups excluding carboxylic acids is 1. The third kappa shape index (κ3) is 4.24. The number of likely N-dealkylation sites (tertiary alicyclic amines) is 2. The van der Waals surface area contributed by atoms with Crippen LogP contribution in [0.3, 0.4) is 0 Å². The van der Waals surface area contributed by atoms with Crippen LogP contribution in [-0.2, 0) is 11.3 Å². The average molecular weight is 539 g/mol. The average Bonchev–Trinajstić information content (AvgIpc) is 3.53. The van der Waals surface area contributed by atoms with Crippen molar-refractivity contribution in [3.05, 3.63) is 59.2 Å². The lowest BCUT2D eigenvalue weighted by molar-refractivity contribution is -0.135. The van der Waals surface area contributed by atoms with Gasteiger partial charge in [-0.2, -0.15) is 0 Å². The molecule has 1 amide bonds. The minimum absolute atomic E-state index is 0. The number of nitrogens with zero attached hydrogens (tertiary/aromatic N) is 2. The van der Waals surface area contributed by atoms with Gasteiger partial charge in [0.2, 0.25) is 12.7 Å². The molecule has 1 aliphatic carbocycles. The summed E-state index contributed by atoms with van der Waals surface area (Å²) in [5.74, 6) is 2.51. The zero-order valence-electron chi connectivity index (χ0n) is 22.5. The molecule has 0 bridgehead atoms. The molecule has 4 unspecified atom stereocenters. The molecule has 3 heterocycles. The van der Waals surface area contributed by atoms with E-state index in [1.54, 1.807) is 0 Å². The predicted octanol–water partition coefficient (Wildman–Crippen LogP) is 5.11. The number of carbonyl (C=O) groups is 1. The van der Waals surface area contributed by atoms with Gasteiger partial charge in [-0.25, -0.2) is 0 Å². The zero-order chi connectivity index (χ0) is 25.9. The number of ether oxygens (including phenoxy) is 2. The summed E-state index contributed by atoms with van der Waals surface area (Å²) in [6.45, 7) is 5.49. The van der Waals surface area contributed by atoms with Crippen LogP contribution in [0.5, 0.6) is 11.5 Å². The molecule has 0 spiro atoms. The second-order valence-electron chi connectivity index (χ2n) is 11.8. The van der Waals surface area contributed by atoms with Gasteiger partial charge in [0.15, 0.2) is 11.5 Å². The summed E-state index contributed by atoms with van der Waals surface area (Å²) in [5.41, 5.74) is 8.49. The van der Waals surface area contributed by atoms with Gasteiger partial charge in [0.25, 0.3) is 0 Å². The maximum absolute atomic E-state index is 14.5. The van der Waals surface area contributed by atoms with Crippen molar-refractivity contribution in [2.24, 2.45) is 23.5 Å². The number of hydrogen-bond donors (Lipinski definition) is 2. The molecule has 204 valence electrons. The predicted molar refractivity (Wildman–Crippen MR) is 150 cm³/mol. The van der Waals surface area contributed by atoms with Crippen LogP contribution in [0.25, 0.3) is 0 Å². The van der Waals surface area contributed by atoms with Crippen LogP contribution in [0, 0.1) is 23.2 Å². The number of hydrogen-bond acceptors (Lipinski definition) is 5. The summed E-state index contributed by atoms with van der Waals surface area (Å²) in [6, 6.07) is 14.2. The zero-order valence-corrected chi connectivity index (χ0v) is 23.3. The maximum atomic E-state index is 14.5. The molecule has 7 nitrogen and oxygen atoms in total. The first-order chi connectivity index (χ1) is 17.8. The topological polar surface area (TPSA) is 91.9 Å². The first kappa shape index (κ1) is 26.8. The van der Waals surface area contributed by atoms with E-state index in [-0.39, 0.29) is 60.4 Å². The van der Waals surface area contributed by atoms with E-state index in [4.69, 9.17) is 20.6 Å². The minimum Gasteiger partial charge on any atom is -0.454 e. The molecule has 4 atom stereocenters. The second-order valence-corrected chi connectivity index (χ2v) is 11.8. The van der Waals surface area contributed by atoms with E-state index in [0.29, 0.717) is 18.0 Å². The van der Waals surface area contributed by atoms with Gasteiger partial charge in [0.1, 0.15) is 5.84 Å². The molecule has 1 saturated carbocycles. The number of nitrogens with two attached hydrogens (primary N) is 1. The van der Waals surface area contributed by atoms with Gasteiger partial charge in [-0.15, -0.1) is 12.4 Å². The highest BCUT2D eigenvalue weighted by Gasteiger charge is 2.65. The Morgan fingerprint density at radius 3 is 2.42 bits per heavy atom. The van der Waals surface area contributed by atoms with Crippen molar-refractivity contribution in [2.45, 2.75) is 70.1 Å². The number of nitrogen functional groups attached to an aromatic ring is 1. The Hall–Kier alpha value is -2.77. The Morgan fingerprint density at radius 2 is 1.74 bits per heavy atom. The van der Waals surface area contributed by atoms with Gasteiger partial charge in [-0.1, -0.05) is 49.6 Å². The molecule has 3 fully saturated rings. The standard InChI is InChI=1S/C30H38N4O3.ClH/c1-30(2)25-24(26(33(30)3)20-10-12-21(13-11-20)28(31)32)29(35)34(27(25)19-7-5-4-6-8-19)16-18-9-14-22-23(15-18)37-17-36-22;/h9-15,19,24-27H,4-8,16-17H2,1-3H3,(H3,31,32);1H. The molecule has 3 N–H and O–H groups in total. The van der Waals surface area contributed by atoms with E-state index >= 15 is 0 Å². The number of amides is 1. The summed E-state index contributed by atoms with van der Waals surface area (Å²) in [4.78, 5) is 19.1. The minimum atomic E-state index is -0.143. The number of fused-ring (bicyclic) bond motifs is 2. The van der Waals surface area contributed by atoms with Gasteiger partial charge in [0, 0.05) is 35.6 Å². The molecule has 2 aromatic carbocycles. The first-order valence-electron chi connectivity index (χ1n) is 13.6. The van der Waals surface area contributed by atoms with Crippen LogP contribution in [0.15, 0.2) is 42.5 Å². The van der Waals surface area contributed by atoms with Gasteiger partial charge in [-0.3, -0.25) is 15.1 Å². The molecule has 0 aromatic heterocycles. The molecule has 4 aliphatic rings. The fourth-order valence-electron chi connectivity index (χ4n) is 7.66. The Balaban J connectivity index is 0.00000294. The fraction of sp³-hybridized carbons (Fsp3) is 0.533. The lowest BCUT2D eigenvalue weighted by atomic mass is 9.71. The summed E-state index contributed by atoms with van der Waals surface area (Å²) in [7, 11) is 2.18. The third-order valence-electron chi connectivity index (χ3n) is 9.65. The van der Waals surface area contributed by atoms with E-state index in [0.717, 1.165) is 22.6 Å². The van der Waals surface area contributed by atoms with Crippen LogP contribution >= 0.6 is 12.4 Å². The van der Waals surface area contributed by atoms with Gasteiger partial charge < -0.3 is 20.1 Å². The van der Waals surface area contributed by atoms with Crippen molar-refractivity contribution in [3.63, 3.8) is 0 Å². The molecule has 2 aromatic rings. The lowest BCUT2D eigenvalue weighted by Gasteiger charge is -2.44. The summed E-state index contributed by atoms with van der Waals surface area (Å²) in [5, 5.41) is 7.78. The summed E-state index contributed by atoms with van der Waals surface area (Å²) < 4.78 is 11.2. The highest BCUT2D eigenvalue weighted by molar-refractivity contribution is 5.95. The van der Waals surface area contributed by atoms with Gasteiger partial charge in [0.05, 0.1) is 5.92 Å². The van der Waals surface area contributed by atoms with E-state index in [9.17, 15) is 4.79 Å². The molecular formula is C30H39ClN4O3. The molecule has 2 saturated heterocycles. The Bertz CT molecular complexity index is 1210. The van der Waals surface area contributed by atoms with Crippen molar-refractivity contribution in [1.82, 2.24) is 9.80 Å². The quantitative estimate of drug-likeness (QED) is 0.407. The van der Waals surface area contributed by atoms with Crippen LogP contribution in [0.1, 0.15) is 68.7 Å². The number of halogens is 1. The largest absolute Gasteiger partial charge is 0.454 e. The number of amidine groups is 1. The van der Waals surface area contributed by atoms with E-state index in [2.05, 4.69) is 48.9 Å². The van der Waals surface area contributed by atoms with Crippen molar-refractivity contribution in [3.8, 4) is 11.5 Å². The van der Waals surface area contributed by atoms with Crippen molar-refractivity contribution >= 4 is 24.1 Å². The second kappa shape index (κ2) is 10.1. The molecule has 38 heavy (non-hydrogen) atoms. The van der Waals surface area contributed by atoms with Crippen LogP contribution in [-0.4, -0.2) is 47.0 Å². The SMILES string of the molecule is CN1C(c2ccc(C(=N)N)cc2)C2C(=O)N(Cc3ccc4c(c3)OCO4)C(C3CCCCC3)C2C1(C)C.Cl. The van der Waals surface area contributed by atoms with E-state index < -0.39 is 0 Å². The maximum Gasteiger partial charge on any atom is 0.231 e. The smallest absolute Gasteiger partial charge is 0.231 e. The Kier molecular flexibility index (Phi) is 7.12. The number of rotatable bonds is 5. The van der Waals surface area contributed by atoms with Crippen LogP contribution in [0.4, 0.5) is 0 Å². The Morgan fingerprint density at radius 1 is 1.05 bits per heavy atom. The van der Waals surface area contributed by atoms with Crippen LogP contribution in [0.2, 0.25) is 0 Å². The molecule has 3 aliphatic heterocycles. The highest BCUT2D eigenvalue weighted by atomic mass is 35.5. The fourth-order valence-corrected chi connectivity index (χ4v) is 7.66. The molecular weight excluding hydrogens is 500 g/mol. The third-order valence-corrected chi connectivity index (χ3v) is 9.65. The Labute approximate surface area is 231 Å². The molecule has 6 rings (SSSR count).